The number of carbonyl (C=O) groups excluding carboxylic acids is 1. The molecule has 3 rings (SSSR count). The molecule has 150 valence electrons. The maximum absolute atomic E-state index is 12.9. The van der Waals surface area contributed by atoms with Crippen LogP contribution in [0, 0.1) is 0 Å². The Balaban J connectivity index is 1.83. The number of aromatic nitrogens is 3. The number of thioether (sulfide) groups is 1. The molecule has 0 N–H and O–H groups in total. The molecule has 0 radical (unpaired) electrons. The summed E-state index contributed by atoms with van der Waals surface area (Å²) in [5.41, 5.74) is 0.873. The molecule has 7 heteroatoms. The van der Waals surface area contributed by atoms with E-state index >= 15 is 0 Å². The molecular formula is C21H28N4O2S. The Morgan fingerprint density at radius 3 is 2.64 bits per heavy atom. The predicted molar refractivity (Wildman–Crippen MR) is 113 cm³/mol. The quantitative estimate of drug-likeness (QED) is 0.519. The maximum Gasteiger partial charge on any atom is 0.235 e. The van der Waals surface area contributed by atoms with Crippen molar-refractivity contribution >= 4 is 17.7 Å². The van der Waals surface area contributed by atoms with Gasteiger partial charge in [0.1, 0.15) is 5.75 Å². The van der Waals surface area contributed by atoms with Gasteiger partial charge in [-0.15, -0.1) is 16.8 Å². The van der Waals surface area contributed by atoms with Gasteiger partial charge in [0, 0.05) is 19.6 Å². The highest BCUT2D eigenvalue weighted by Crippen LogP contribution is 2.32. The third-order valence-corrected chi connectivity index (χ3v) is 5.99. The first-order chi connectivity index (χ1) is 13.7. The predicted octanol–water partition coefficient (Wildman–Crippen LogP) is 4.02. The minimum Gasteiger partial charge on any atom is -0.496 e. The number of likely N-dealkylation sites (tertiary alicyclic amines) is 1. The van der Waals surface area contributed by atoms with E-state index in [1.165, 1.54) is 24.6 Å². The van der Waals surface area contributed by atoms with Crippen LogP contribution in [-0.4, -0.2) is 51.0 Å². The van der Waals surface area contributed by atoms with Crippen LogP contribution in [0.25, 0.3) is 11.4 Å². The van der Waals surface area contributed by atoms with Crippen LogP contribution in [0.3, 0.4) is 0 Å². The second-order valence-electron chi connectivity index (χ2n) is 6.91. The standard InChI is InChI=1S/C21H28N4O2S/c1-4-13-25-19(17-11-7-8-12-18(17)27-3)22-23-21(25)28-16(2)20(26)24-14-9-5-6-10-15-24/h4,7-8,11-12,16H,1,5-6,9-10,13-15H2,2-3H3. The smallest absolute Gasteiger partial charge is 0.235 e. The molecule has 1 fully saturated rings. The summed E-state index contributed by atoms with van der Waals surface area (Å²) in [5, 5.41) is 9.27. The third kappa shape index (κ3) is 4.58. The zero-order valence-electron chi connectivity index (χ0n) is 16.6. The van der Waals surface area contributed by atoms with Crippen molar-refractivity contribution in [3.8, 4) is 17.1 Å². The van der Waals surface area contributed by atoms with Crippen LogP contribution in [0.5, 0.6) is 5.75 Å². The second-order valence-corrected chi connectivity index (χ2v) is 8.21. The molecule has 0 saturated carbocycles. The van der Waals surface area contributed by atoms with Gasteiger partial charge in [0.2, 0.25) is 5.91 Å². The number of para-hydroxylation sites is 1. The van der Waals surface area contributed by atoms with Crippen molar-refractivity contribution in [2.45, 2.75) is 49.6 Å². The Kier molecular flexibility index (Phi) is 7.14. The molecule has 1 aliphatic heterocycles. The first kappa shape index (κ1) is 20.5. The molecule has 0 bridgehead atoms. The normalized spacial score (nSPS) is 15.7. The van der Waals surface area contributed by atoms with E-state index in [9.17, 15) is 4.79 Å². The highest BCUT2D eigenvalue weighted by molar-refractivity contribution is 8.00. The zero-order chi connectivity index (χ0) is 19.9. The summed E-state index contributed by atoms with van der Waals surface area (Å²) in [7, 11) is 1.64. The number of hydrogen-bond acceptors (Lipinski definition) is 5. The molecule has 1 aromatic carbocycles. The maximum atomic E-state index is 12.9. The van der Waals surface area contributed by atoms with Crippen molar-refractivity contribution in [2.24, 2.45) is 0 Å². The van der Waals surface area contributed by atoms with Crippen LogP contribution in [0.1, 0.15) is 32.6 Å². The fourth-order valence-corrected chi connectivity index (χ4v) is 4.40. The van der Waals surface area contributed by atoms with Gasteiger partial charge in [-0.05, 0) is 31.9 Å². The Bertz CT molecular complexity index is 812. The average Bonchev–Trinajstić information content (AvgIpc) is 2.93. The number of allylic oxidation sites excluding steroid dienone is 1. The summed E-state index contributed by atoms with van der Waals surface area (Å²) in [6.07, 6.45) is 6.41. The van der Waals surface area contributed by atoms with Crippen LogP contribution >= 0.6 is 11.8 Å². The van der Waals surface area contributed by atoms with E-state index < -0.39 is 0 Å². The molecule has 1 aliphatic rings. The van der Waals surface area contributed by atoms with Gasteiger partial charge in [0.15, 0.2) is 11.0 Å². The third-order valence-electron chi connectivity index (χ3n) is 4.92. The summed E-state index contributed by atoms with van der Waals surface area (Å²) in [4.78, 5) is 14.9. The van der Waals surface area contributed by atoms with Crippen molar-refractivity contribution in [1.29, 1.82) is 0 Å². The highest BCUT2D eigenvalue weighted by Gasteiger charge is 2.25. The molecule has 1 saturated heterocycles. The van der Waals surface area contributed by atoms with E-state index in [0.717, 1.165) is 42.4 Å². The fourth-order valence-electron chi connectivity index (χ4n) is 3.45. The van der Waals surface area contributed by atoms with Gasteiger partial charge in [-0.2, -0.15) is 0 Å². The van der Waals surface area contributed by atoms with E-state index in [1.807, 2.05) is 46.7 Å². The van der Waals surface area contributed by atoms with E-state index in [1.54, 1.807) is 7.11 Å². The minimum atomic E-state index is -0.212. The molecule has 0 spiro atoms. The van der Waals surface area contributed by atoms with Gasteiger partial charge >= 0.3 is 0 Å². The van der Waals surface area contributed by atoms with Crippen LogP contribution in [-0.2, 0) is 11.3 Å². The largest absolute Gasteiger partial charge is 0.496 e. The number of carbonyl (C=O) groups is 1. The monoisotopic (exact) mass is 400 g/mol. The van der Waals surface area contributed by atoms with Crippen LogP contribution in [0.2, 0.25) is 0 Å². The number of amides is 1. The molecule has 0 aliphatic carbocycles. The van der Waals surface area contributed by atoms with Crippen molar-refractivity contribution < 1.29 is 9.53 Å². The molecule has 2 heterocycles. The second kappa shape index (κ2) is 9.78. The summed E-state index contributed by atoms with van der Waals surface area (Å²) in [6, 6.07) is 7.74. The van der Waals surface area contributed by atoms with Gasteiger partial charge in [0.05, 0.1) is 17.9 Å². The van der Waals surface area contributed by atoms with E-state index in [-0.39, 0.29) is 11.2 Å². The van der Waals surface area contributed by atoms with Crippen molar-refractivity contribution in [3.05, 3.63) is 36.9 Å². The van der Waals surface area contributed by atoms with Crippen molar-refractivity contribution in [2.75, 3.05) is 20.2 Å². The van der Waals surface area contributed by atoms with E-state index in [0.29, 0.717) is 12.4 Å². The number of nitrogens with zero attached hydrogens (tertiary/aromatic N) is 4. The van der Waals surface area contributed by atoms with Gasteiger partial charge in [-0.3, -0.25) is 9.36 Å². The SMILES string of the molecule is C=CCn1c(SC(C)C(=O)N2CCCCCC2)nnc1-c1ccccc1OC. The highest BCUT2D eigenvalue weighted by atomic mass is 32.2. The molecule has 6 nitrogen and oxygen atoms in total. The van der Waals surface area contributed by atoms with E-state index in [2.05, 4.69) is 16.8 Å². The number of hydrogen-bond donors (Lipinski definition) is 0. The van der Waals surface area contributed by atoms with Gasteiger partial charge < -0.3 is 9.64 Å². The van der Waals surface area contributed by atoms with E-state index in [4.69, 9.17) is 4.74 Å². The number of ether oxygens (including phenoxy) is 1. The Labute approximate surface area is 171 Å². The summed E-state index contributed by atoms with van der Waals surface area (Å²) >= 11 is 1.46. The summed E-state index contributed by atoms with van der Waals surface area (Å²) in [5.74, 6) is 1.64. The molecule has 1 aromatic heterocycles. The van der Waals surface area contributed by atoms with Crippen LogP contribution in [0.15, 0.2) is 42.1 Å². The minimum absolute atomic E-state index is 0.180. The van der Waals surface area contributed by atoms with Gasteiger partial charge in [-0.1, -0.05) is 42.8 Å². The van der Waals surface area contributed by atoms with Gasteiger partial charge in [-0.25, -0.2) is 0 Å². The number of methoxy groups -OCH3 is 1. The van der Waals surface area contributed by atoms with Crippen LogP contribution in [0.4, 0.5) is 0 Å². The first-order valence-electron chi connectivity index (χ1n) is 9.78. The molecule has 1 unspecified atom stereocenters. The van der Waals surface area contributed by atoms with Crippen molar-refractivity contribution in [3.63, 3.8) is 0 Å². The Hall–Kier alpha value is -2.28. The topological polar surface area (TPSA) is 60.2 Å². The average molecular weight is 401 g/mol. The molecule has 1 atom stereocenters. The van der Waals surface area contributed by atoms with Crippen molar-refractivity contribution in [1.82, 2.24) is 19.7 Å². The lowest BCUT2D eigenvalue weighted by atomic mass is 10.2. The fraction of sp³-hybridized carbons (Fsp3) is 0.476. The molecular weight excluding hydrogens is 372 g/mol. The van der Waals surface area contributed by atoms with Gasteiger partial charge in [0.25, 0.3) is 0 Å². The molecule has 2 aromatic rings. The lowest BCUT2D eigenvalue weighted by Gasteiger charge is -2.23. The Morgan fingerprint density at radius 1 is 1.25 bits per heavy atom. The number of benzene rings is 1. The molecule has 28 heavy (non-hydrogen) atoms. The zero-order valence-corrected chi connectivity index (χ0v) is 17.5. The lowest BCUT2D eigenvalue weighted by Crippen LogP contribution is -2.37. The number of rotatable bonds is 7. The Morgan fingerprint density at radius 2 is 1.96 bits per heavy atom. The summed E-state index contributed by atoms with van der Waals surface area (Å²) < 4.78 is 7.47. The van der Waals surface area contributed by atoms with Crippen LogP contribution < -0.4 is 4.74 Å². The summed E-state index contributed by atoms with van der Waals surface area (Å²) in [6.45, 7) is 8.09. The molecule has 1 amide bonds. The lowest BCUT2D eigenvalue weighted by molar-refractivity contribution is -0.130. The first-order valence-corrected chi connectivity index (χ1v) is 10.7.